The van der Waals surface area contributed by atoms with Crippen molar-refractivity contribution in [3.8, 4) is 5.75 Å². The lowest BCUT2D eigenvalue weighted by Crippen LogP contribution is -2.41. The van der Waals surface area contributed by atoms with Gasteiger partial charge in [0.15, 0.2) is 6.10 Å². The van der Waals surface area contributed by atoms with E-state index < -0.39 is 12.0 Å². The summed E-state index contributed by atoms with van der Waals surface area (Å²) in [7, 11) is 0. The summed E-state index contributed by atoms with van der Waals surface area (Å²) in [5, 5.41) is 2.75. The maximum Gasteiger partial charge on any atom is 0.265 e. The SMILES string of the molecule is C[C@@H](Oc1ccc(F)cc1)C(=O)Nc1ccccc1C(=O)N1CCOCC1. The molecule has 1 N–H and O–H groups in total. The molecule has 0 bridgehead atoms. The normalized spacial score (nSPS) is 15.1. The lowest BCUT2D eigenvalue weighted by Gasteiger charge is -2.27. The van der Waals surface area contributed by atoms with Gasteiger partial charge in [-0.15, -0.1) is 0 Å². The molecule has 1 aliphatic rings. The maximum absolute atomic E-state index is 13.0. The van der Waals surface area contributed by atoms with Crippen molar-refractivity contribution >= 4 is 17.5 Å². The Balaban J connectivity index is 1.68. The number of hydrogen-bond acceptors (Lipinski definition) is 4. The highest BCUT2D eigenvalue weighted by molar-refractivity contribution is 6.04. The van der Waals surface area contributed by atoms with E-state index in [1.54, 1.807) is 36.1 Å². The molecule has 6 nitrogen and oxygen atoms in total. The van der Waals surface area contributed by atoms with E-state index in [4.69, 9.17) is 9.47 Å². The number of hydrogen-bond donors (Lipinski definition) is 1. The van der Waals surface area contributed by atoms with E-state index in [-0.39, 0.29) is 11.7 Å². The van der Waals surface area contributed by atoms with Crippen LogP contribution < -0.4 is 10.1 Å². The van der Waals surface area contributed by atoms with Crippen LogP contribution in [0.2, 0.25) is 0 Å². The van der Waals surface area contributed by atoms with Crippen LogP contribution in [0, 0.1) is 5.82 Å². The van der Waals surface area contributed by atoms with Crippen LogP contribution in [-0.2, 0) is 9.53 Å². The highest BCUT2D eigenvalue weighted by atomic mass is 19.1. The van der Waals surface area contributed by atoms with Crippen molar-refractivity contribution in [2.75, 3.05) is 31.6 Å². The van der Waals surface area contributed by atoms with Gasteiger partial charge >= 0.3 is 0 Å². The Hall–Kier alpha value is -2.93. The Kier molecular flexibility index (Phi) is 6.03. The molecule has 1 heterocycles. The molecular formula is C20H21FN2O4. The van der Waals surface area contributed by atoms with Crippen LogP contribution in [0.3, 0.4) is 0 Å². The minimum absolute atomic E-state index is 0.152. The molecule has 7 heteroatoms. The number of halogens is 1. The van der Waals surface area contributed by atoms with E-state index in [0.717, 1.165) is 0 Å². The standard InChI is InChI=1S/C20H21FN2O4/c1-14(27-16-8-6-15(21)7-9-16)19(24)22-18-5-3-2-4-17(18)20(25)23-10-12-26-13-11-23/h2-9,14H,10-13H2,1H3,(H,22,24)/t14-/m1/s1. The van der Waals surface area contributed by atoms with E-state index in [0.29, 0.717) is 43.3 Å². The van der Waals surface area contributed by atoms with Crippen molar-refractivity contribution in [2.45, 2.75) is 13.0 Å². The highest BCUT2D eigenvalue weighted by Crippen LogP contribution is 2.19. The van der Waals surface area contributed by atoms with E-state index in [2.05, 4.69) is 5.32 Å². The number of amides is 2. The van der Waals surface area contributed by atoms with E-state index in [1.807, 2.05) is 0 Å². The first kappa shape index (κ1) is 18.8. The van der Waals surface area contributed by atoms with Crippen LogP contribution in [0.15, 0.2) is 48.5 Å². The molecule has 1 saturated heterocycles. The first-order valence-electron chi connectivity index (χ1n) is 8.74. The summed E-state index contributed by atoms with van der Waals surface area (Å²) >= 11 is 0. The van der Waals surface area contributed by atoms with Crippen molar-refractivity contribution in [2.24, 2.45) is 0 Å². The monoisotopic (exact) mass is 372 g/mol. The van der Waals surface area contributed by atoms with Crippen LogP contribution in [0.1, 0.15) is 17.3 Å². The number of nitrogens with one attached hydrogen (secondary N) is 1. The Morgan fingerprint density at radius 2 is 1.78 bits per heavy atom. The highest BCUT2D eigenvalue weighted by Gasteiger charge is 2.23. The first-order valence-corrected chi connectivity index (χ1v) is 8.74. The minimum atomic E-state index is -0.818. The summed E-state index contributed by atoms with van der Waals surface area (Å²) in [6.07, 6.45) is -0.818. The zero-order chi connectivity index (χ0) is 19.2. The van der Waals surface area contributed by atoms with Crippen molar-refractivity contribution in [3.05, 3.63) is 59.9 Å². The molecule has 2 aromatic rings. The fourth-order valence-corrected chi connectivity index (χ4v) is 2.72. The fourth-order valence-electron chi connectivity index (χ4n) is 2.72. The molecule has 0 radical (unpaired) electrons. The van der Waals surface area contributed by atoms with E-state index in [1.165, 1.54) is 24.3 Å². The quantitative estimate of drug-likeness (QED) is 0.876. The number of morpholine rings is 1. The molecule has 0 aromatic heterocycles. The molecule has 142 valence electrons. The summed E-state index contributed by atoms with van der Waals surface area (Å²) in [5.41, 5.74) is 0.843. The molecule has 3 rings (SSSR count). The number of carbonyl (C=O) groups is 2. The average Bonchev–Trinajstić information content (AvgIpc) is 2.70. The molecular weight excluding hydrogens is 351 g/mol. The zero-order valence-electron chi connectivity index (χ0n) is 15.0. The second-order valence-corrected chi connectivity index (χ2v) is 6.15. The van der Waals surface area contributed by atoms with Crippen molar-refractivity contribution in [1.82, 2.24) is 4.90 Å². The van der Waals surface area contributed by atoms with E-state index in [9.17, 15) is 14.0 Å². The van der Waals surface area contributed by atoms with E-state index >= 15 is 0 Å². The predicted octanol–water partition coefficient (Wildman–Crippen LogP) is 2.70. The first-order chi connectivity index (χ1) is 13.0. The second kappa shape index (κ2) is 8.64. The Morgan fingerprint density at radius 1 is 1.11 bits per heavy atom. The summed E-state index contributed by atoms with van der Waals surface area (Å²) in [5.74, 6) is -0.547. The number of carbonyl (C=O) groups excluding carboxylic acids is 2. The molecule has 1 atom stereocenters. The molecule has 0 spiro atoms. The van der Waals surface area contributed by atoms with Crippen LogP contribution in [0.4, 0.5) is 10.1 Å². The lowest BCUT2D eigenvalue weighted by molar-refractivity contribution is -0.122. The third-order valence-electron chi connectivity index (χ3n) is 4.21. The van der Waals surface area contributed by atoms with Crippen LogP contribution in [0.5, 0.6) is 5.75 Å². The molecule has 0 unspecified atom stereocenters. The van der Waals surface area contributed by atoms with Gasteiger partial charge in [-0.3, -0.25) is 9.59 Å². The summed E-state index contributed by atoms with van der Waals surface area (Å²) < 4.78 is 23.8. The minimum Gasteiger partial charge on any atom is -0.481 e. The number of rotatable bonds is 5. The van der Waals surface area contributed by atoms with Crippen LogP contribution >= 0.6 is 0 Å². The van der Waals surface area contributed by atoms with Crippen molar-refractivity contribution in [1.29, 1.82) is 0 Å². The van der Waals surface area contributed by atoms with Gasteiger partial charge in [0.25, 0.3) is 11.8 Å². The molecule has 0 aliphatic carbocycles. The van der Waals surface area contributed by atoms with Gasteiger partial charge < -0.3 is 19.7 Å². The average molecular weight is 372 g/mol. The van der Waals surface area contributed by atoms with Crippen molar-refractivity contribution in [3.63, 3.8) is 0 Å². The number of nitrogens with zero attached hydrogens (tertiary/aromatic N) is 1. The third kappa shape index (κ3) is 4.83. The number of para-hydroxylation sites is 1. The predicted molar refractivity (Wildman–Crippen MR) is 98.3 cm³/mol. The second-order valence-electron chi connectivity index (χ2n) is 6.15. The smallest absolute Gasteiger partial charge is 0.265 e. The molecule has 27 heavy (non-hydrogen) atoms. The zero-order valence-corrected chi connectivity index (χ0v) is 15.0. The summed E-state index contributed by atoms with van der Waals surface area (Å²) in [4.78, 5) is 26.9. The van der Waals surface area contributed by atoms with Crippen LogP contribution in [-0.4, -0.2) is 49.1 Å². The fraction of sp³-hybridized carbons (Fsp3) is 0.300. The van der Waals surface area contributed by atoms with Gasteiger partial charge in [-0.1, -0.05) is 12.1 Å². The molecule has 0 saturated carbocycles. The van der Waals surface area contributed by atoms with Gasteiger partial charge in [-0.2, -0.15) is 0 Å². The summed E-state index contributed by atoms with van der Waals surface area (Å²) in [6.45, 7) is 3.63. The molecule has 2 amide bonds. The van der Waals surface area contributed by atoms with Gasteiger partial charge in [0.1, 0.15) is 11.6 Å². The van der Waals surface area contributed by atoms with Gasteiger partial charge in [0.2, 0.25) is 0 Å². The topological polar surface area (TPSA) is 67.9 Å². The number of benzene rings is 2. The van der Waals surface area contributed by atoms with Gasteiger partial charge in [0, 0.05) is 13.1 Å². The largest absolute Gasteiger partial charge is 0.481 e. The molecule has 1 aliphatic heterocycles. The Labute approximate surface area is 156 Å². The van der Waals surface area contributed by atoms with Gasteiger partial charge in [-0.25, -0.2) is 4.39 Å². The van der Waals surface area contributed by atoms with Crippen molar-refractivity contribution < 1.29 is 23.5 Å². The lowest BCUT2D eigenvalue weighted by atomic mass is 10.1. The Bertz CT molecular complexity index is 804. The number of anilines is 1. The van der Waals surface area contributed by atoms with Gasteiger partial charge in [0.05, 0.1) is 24.5 Å². The Morgan fingerprint density at radius 3 is 2.48 bits per heavy atom. The van der Waals surface area contributed by atoms with Gasteiger partial charge in [-0.05, 0) is 43.3 Å². The maximum atomic E-state index is 13.0. The summed E-state index contributed by atoms with van der Waals surface area (Å²) in [6, 6.07) is 12.3. The molecule has 2 aromatic carbocycles. The third-order valence-corrected chi connectivity index (χ3v) is 4.21. The van der Waals surface area contributed by atoms with Crippen LogP contribution in [0.25, 0.3) is 0 Å². The molecule has 1 fully saturated rings. The number of ether oxygens (including phenoxy) is 2.